The number of carbonyl (C=O) groups excluding carboxylic acids is 2. The number of carbonyl (C=O) groups is 2. The second-order valence-electron chi connectivity index (χ2n) is 7.41. The highest BCUT2D eigenvalue weighted by Crippen LogP contribution is 2.13. The molecule has 0 bridgehead atoms. The van der Waals surface area contributed by atoms with Crippen molar-refractivity contribution < 1.29 is 22.7 Å². The van der Waals surface area contributed by atoms with Crippen LogP contribution in [0.25, 0.3) is 0 Å². The number of hydrogen-bond donors (Lipinski definition) is 1. The summed E-state index contributed by atoms with van der Waals surface area (Å²) in [4.78, 5) is 26.7. The van der Waals surface area contributed by atoms with Crippen LogP contribution in [-0.4, -0.2) is 50.9 Å². The number of ether oxygens (including phenoxy) is 1. The number of sulfonamides is 1. The van der Waals surface area contributed by atoms with Crippen LogP contribution in [0.5, 0.6) is 0 Å². The van der Waals surface area contributed by atoms with Gasteiger partial charge < -0.3 is 9.64 Å². The summed E-state index contributed by atoms with van der Waals surface area (Å²) in [5.41, 5.74) is 0. The predicted molar refractivity (Wildman–Crippen MR) is 106 cm³/mol. The zero-order valence-corrected chi connectivity index (χ0v) is 17.4. The van der Waals surface area contributed by atoms with Gasteiger partial charge in [-0.3, -0.25) is 9.59 Å². The first kappa shape index (κ1) is 22.4. The summed E-state index contributed by atoms with van der Waals surface area (Å²) < 4.78 is 32.6. The highest BCUT2D eigenvalue weighted by Gasteiger charge is 2.30. The van der Waals surface area contributed by atoms with E-state index in [2.05, 4.69) is 4.72 Å². The Balaban J connectivity index is 1.96. The molecule has 28 heavy (non-hydrogen) atoms. The van der Waals surface area contributed by atoms with Crippen LogP contribution in [0.1, 0.15) is 46.0 Å². The van der Waals surface area contributed by atoms with E-state index in [0.29, 0.717) is 13.1 Å². The second kappa shape index (κ2) is 10.6. The fraction of sp³-hybridized carbons (Fsp3) is 0.600. The molecule has 0 radical (unpaired) electrons. The van der Waals surface area contributed by atoms with Gasteiger partial charge in [0.15, 0.2) is 6.61 Å². The van der Waals surface area contributed by atoms with Crippen LogP contribution in [0.3, 0.4) is 0 Å². The lowest BCUT2D eigenvalue weighted by Gasteiger charge is -2.25. The maximum Gasteiger partial charge on any atom is 0.324 e. The molecule has 1 N–H and O–H groups in total. The number of esters is 1. The molecule has 1 fully saturated rings. The highest BCUT2D eigenvalue weighted by molar-refractivity contribution is 7.89. The first-order valence-electron chi connectivity index (χ1n) is 9.83. The zero-order chi connectivity index (χ0) is 20.6. The minimum absolute atomic E-state index is 0.0742. The lowest BCUT2D eigenvalue weighted by Crippen LogP contribution is -2.46. The summed E-state index contributed by atoms with van der Waals surface area (Å²) in [5.74, 6) is -1.30. The van der Waals surface area contributed by atoms with E-state index in [0.717, 1.165) is 25.7 Å². The molecule has 8 heteroatoms. The van der Waals surface area contributed by atoms with Crippen LogP contribution < -0.4 is 4.72 Å². The Kier molecular flexibility index (Phi) is 8.44. The van der Waals surface area contributed by atoms with E-state index in [9.17, 15) is 18.0 Å². The molecule has 1 aromatic rings. The van der Waals surface area contributed by atoms with Crippen molar-refractivity contribution >= 4 is 21.9 Å². The van der Waals surface area contributed by atoms with Crippen molar-refractivity contribution in [2.45, 2.75) is 56.9 Å². The van der Waals surface area contributed by atoms with Gasteiger partial charge in [0.05, 0.1) is 4.90 Å². The van der Waals surface area contributed by atoms with E-state index in [1.807, 2.05) is 0 Å². The molecular formula is C20H30N2O5S. The molecule has 1 aliphatic heterocycles. The Morgan fingerprint density at radius 1 is 1.04 bits per heavy atom. The molecule has 1 aromatic carbocycles. The quantitative estimate of drug-likeness (QED) is 0.697. The van der Waals surface area contributed by atoms with Gasteiger partial charge in [0.2, 0.25) is 10.0 Å². The summed E-state index contributed by atoms with van der Waals surface area (Å²) in [6.07, 6.45) is 5.28. The Morgan fingerprint density at radius 3 is 2.18 bits per heavy atom. The van der Waals surface area contributed by atoms with Gasteiger partial charge in [0.1, 0.15) is 6.04 Å². The van der Waals surface area contributed by atoms with Crippen LogP contribution >= 0.6 is 0 Å². The number of nitrogens with zero attached hydrogens (tertiary/aromatic N) is 1. The number of likely N-dealkylation sites (tertiary alicyclic amines) is 1. The summed E-state index contributed by atoms with van der Waals surface area (Å²) in [6, 6.07) is 6.78. The van der Waals surface area contributed by atoms with E-state index in [4.69, 9.17) is 4.74 Å². The largest absolute Gasteiger partial charge is 0.454 e. The van der Waals surface area contributed by atoms with E-state index < -0.39 is 22.0 Å². The zero-order valence-electron chi connectivity index (χ0n) is 16.6. The van der Waals surface area contributed by atoms with Gasteiger partial charge in [-0.2, -0.15) is 4.72 Å². The first-order valence-corrected chi connectivity index (χ1v) is 11.3. The van der Waals surface area contributed by atoms with Gasteiger partial charge in [-0.25, -0.2) is 8.42 Å². The van der Waals surface area contributed by atoms with E-state index in [1.165, 1.54) is 18.6 Å². The van der Waals surface area contributed by atoms with Crippen molar-refractivity contribution in [2.75, 3.05) is 19.7 Å². The molecule has 1 aliphatic rings. The standard InChI is InChI=1S/C20H30N2O5S/c1-16(2)19(21-28(25,26)17-11-7-6-8-12-17)20(24)27-15-18(23)22-13-9-4-3-5-10-14-22/h6-8,11-12,16,19,21H,3-5,9-10,13-15H2,1-2H3/t19-/m0/s1. The molecule has 0 spiro atoms. The molecule has 0 aliphatic carbocycles. The normalized spacial score (nSPS) is 16.9. The monoisotopic (exact) mass is 410 g/mol. The maximum absolute atomic E-state index is 12.5. The van der Waals surface area contributed by atoms with Crippen molar-refractivity contribution in [3.63, 3.8) is 0 Å². The smallest absolute Gasteiger partial charge is 0.324 e. The summed E-state index contributed by atoms with van der Waals surface area (Å²) >= 11 is 0. The van der Waals surface area contributed by atoms with Crippen molar-refractivity contribution in [3.8, 4) is 0 Å². The van der Waals surface area contributed by atoms with E-state index in [1.54, 1.807) is 36.9 Å². The van der Waals surface area contributed by atoms with Gasteiger partial charge in [-0.15, -0.1) is 0 Å². The minimum Gasteiger partial charge on any atom is -0.454 e. The number of rotatable bonds is 7. The predicted octanol–water partition coefficient (Wildman–Crippen LogP) is 2.33. The van der Waals surface area contributed by atoms with Crippen LogP contribution in [0.4, 0.5) is 0 Å². The molecule has 2 rings (SSSR count). The van der Waals surface area contributed by atoms with Gasteiger partial charge in [0, 0.05) is 13.1 Å². The Morgan fingerprint density at radius 2 is 1.61 bits per heavy atom. The summed E-state index contributed by atoms with van der Waals surface area (Å²) in [7, 11) is -3.86. The lowest BCUT2D eigenvalue weighted by atomic mass is 10.1. The van der Waals surface area contributed by atoms with Crippen molar-refractivity contribution in [1.82, 2.24) is 9.62 Å². The fourth-order valence-corrected chi connectivity index (χ4v) is 4.46. The summed E-state index contributed by atoms with van der Waals surface area (Å²) in [5, 5.41) is 0. The Labute approximate surface area is 167 Å². The molecule has 0 aromatic heterocycles. The molecule has 0 unspecified atom stereocenters. The number of hydrogen-bond acceptors (Lipinski definition) is 5. The molecular weight excluding hydrogens is 380 g/mol. The van der Waals surface area contributed by atoms with Crippen molar-refractivity contribution in [1.29, 1.82) is 0 Å². The molecule has 1 amide bonds. The maximum atomic E-state index is 12.5. The molecule has 156 valence electrons. The number of benzene rings is 1. The van der Waals surface area contributed by atoms with Gasteiger partial charge in [-0.1, -0.05) is 51.3 Å². The lowest BCUT2D eigenvalue weighted by molar-refractivity contribution is -0.154. The fourth-order valence-electron chi connectivity index (χ4n) is 3.10. The van der Waals surface area contributed by atoms with E-state index in [-0.39, 0.29) is 23.3 Å². The number of nitrogens with one attached hydrogen (secondary N) is 1. The van der Waals surface area contributed by atoms with Crippen LogP contribution in [0, 0.1) is 5.92 Å². The Hall–Kier alpha value is -1.93. The van der Waals surface area contributed by atoms with Crippen molar-refractivity contribution in [3.05, 3.63) is 30.3 Å². The van der Waals surface area contributed by atoms with Crippen LogP contribution in [0.15, 0.2) is 35.2 Å². The third-order valence-electron chi connectivity index (χ3n) is 4.80. The highest BCUT2D eigenvalue weighted by atomic mass is 32.2. The molecule has 1 heterocycles. The van der Waals surface area contributed by atoms with Gasteiger partial charge in [-0.05, 0) is 30.9 Å². The van der Waals surface area contributed by atoms with Gasteiger partial charge >= 0.3 is 5.97 Å². The van der Waals surface area contributed by atoms with Crippen LogP contribution in [-0.2, 0) is 24.3 Å². The molecule has 1 atom stereocenters. The van der Waals surface area contributed by atoms with E-state index >= 15 is 0 Å². The van der Waals surface area contributed by atoms with Gasteiger partial charge in [0.25, 0.3) is 5.91 Å². The third kappa shape index (κ3) is 6.60. The third-order valence-corrected chi connectivity index (χ3v) is 6.26. The average Bonchev–Trinajstić information content (AvgIpc) is 2.64. The number of amides is 1. The molecule has 0 saturated carbocycles. The molecule has 1 saturated heterocycles. The molecule has 7 nitrogen and oxygen atoms in total. The second-order valence-corrected chi connectivity index (χ2v) is 9.13. The Bertz CT molecular complexity index is 741. The summed E-state index contributed by atoms with van der Waals surface area (Å²) in [6.45, 7) is 4.42. The topological polar surface area (TPSA) is 92.8 Å². The average molecular weight is 411 g/mol. The van der Waals surface area contributed by atoms with Crippen LogP contribution in [0.2, 0.25) is 0 Å². The SMILES string of the molecule is CC(C)[C@H](NS(=O)(=O)c1ccccc1)C(=O)OCC(=O)N1CCCCCCC1. The minimum atomic E-state index is -3.86. The van der Waals surface area contributed by atoms with Crippen molar-refractivity contribution in [2.24, 2.45) is 5.92 Å². The first-order chi connectivity index (χ1) is 13.3.